The van der Waals surface area contributed by atoms with Crippen LogP contribution in [-0.4, -0.2) is 0 Å². The summed E-state index contributed by atoms with van der Waals surface area (Å²) in [5.74, 6) is 0. The van der Waals surface area contributed by atoms with E-state index < -0.39 is 5.63 Å². The Bertz CT molecular complexity index is 228. The van der Waals surface area contributed by atoms with Gasteiger partial charge in [0.15, 0.2) is 0 Å². The van der Waals surface area contributed by atoms with Crippen molar-refractivity contribution in [1.29, 1.82) is 0 Å². The molecular weight excluding hydrogens is 92.1 g/mol. The fraction of sp³-hybridized carbons (Fsp3) is 0. The standard InChI is InChI=1S/C5H4O2/c6-5-3-1-2-4-7-5/h1-4H/i3D. The molecule has 0 saturated carbocycles. The minimum Gasteiger partial charge on any atom is -0.431 e. The summed E-state index contributed by atoms with van der Waals surface area (Å²) >= 11 is 0. The third kappa shape index (κ3) is 0.892. The van der Waals surface area contributed by atoms with Crippen molar-refractivity contribution in [3.63, 3.8) is 0 Å². The fourth-order valence-electron chi connectivity index (χ4n) is 0.291. The van der Waals surface area contributed by atoms with Gasteiger partial charge in [-0.25, -0.2) is 4.79 Å². The molecule has 1 aromatic rings. The zero-order valence-electron chi connectivity index (χ0n) is 4.55. The molecule has 0 amide bonds. The molecule has 0 saturated heterocycles. The summed E-state index contributed by atoms with van der Waals surface area (Å²) in [6.45, 7) is 0. The Hall–Kier alpha value is -1.05. The minimum atomic E-state index is -0.590. The van der Waals surface area contributed by atoms with Gasteiger partial charge in [-0.1, -0.05) is 6.07 Å². The first-order chi connectivity index (χ1) is 3.80. The molecule has 2 nitrogen and oxygen atoms in total. The quantitative estimate of drug-likeness (QED) is 0.475. The number of hydrogen-bond donors (Lipinski definition) is 0. The molecule has 0 bridgehead atoms. The van der Waals surface area contributed by atoms with Crippen molar-refractivity contribution in [3.05, 3.63) is 34.9 Å². The average molecular weight is 97.1 g/mol. The van der Waals surface area contributed by atoms with Gasteiger partial charge in [-0.3, -0.25) is 0 Å². The van der Waals surface area contributed by atoms with Crippen LogP contribution in [0.3, 0.4) is 0 Å². The first kappa shape index (κ1) is 3.02. The molecular formula is C5H4O2. The van der Waals surface area contributed by atoms with Crippen LogP contribution in [0.4, 0.5) is 0 Å². The van der Waals surface area contributed by atoms with Crippen LogP contribution in [0.2, 0.25) is 0 Å². The number of rotatable bonds is 0. The Morgan fingerprint density at radius 1 is 1.71 bits per heavy atom. The summed E-state index contributed by atoms with van der Waals surface area (Å²) in [7, 11) is 0. The first-order valence-electron chi connectivity index (χ1n) is 2.35. The molecule has 2 heteroatoms. The number of hydrogen-bond acceptors (Lipinski definition) is 2. The van der Waals surface area contributed by atoms with Crippen molar-refractivity contribution in [3.8, 4) is 0 Å². The van der Waals surface area contributed by atoms with Crippen LogP contribution in [0.1, 0.15) is 1.37 Å². The molecule has 36 valence electrons. The van der Waals surface area contributed by atoms with E-state index in [0.29, 0.717) is 0 Å². The predicted octanol–water partition coefficient (Wildman–Crippen LogP) is 0.640. The van der Waals surface area contributed by atoms with Crippen molar-refractivity contribution in [2.75, 3.05) is 0 Å². The topological polar surface area (TPSA) is 30.2 Å². The highest BCUT2D eigenvalue weighted by Crippen LogP contribution is 1.72. The molecule has 0 aliphatic rings. The summed E-state index contributed by atoms with van der Waals surface area (Å²) in [6.07, 6.45) is 1.25. The van der Waals surface area contributed by atoms with Gasteiger partial charge in [-0.2, -0.15) is 0 Å². The molecule has 1 rings (SSSR count). The van der Waals surface area contributed by atoms with Gasteiger partial charge in [0.2, 0.25) is 0 Å². The maximum absolute atomic E-state index is 10.3. The summed E-state index contributed by atoms with van der Waals surface area (Å²) < 4.78 is 11.1. The summed E-state index contributed by atoms with van der Waals surface area (Å²) in [5, 5.41) is 0. The van der Waals surface area contributed by atoms with Gasteiger partial charge in [-0.15, -0.1) is 0 Å². The Balaban J connectivity index is 3.35. The van der Waals surface area contributed by atoms with E-state index in [2.05, 4.69) is 4.42 Å². The molecule has 0 radical (unpaired) electrons. The van der Waals surface area contributed by atoms with Gasteiger partial charge in [0, 0.05) is 6.04 Å². The highest BCUT2D eigenvalue weighted by Gasteiger charge is 1.72. The third-order valence-corrected chi connectivity index (χ3v) is 0.551. The molecule has 0 aliphatic heterocycles. The van der Waals surface area contributed by atoms with E-state index >= 15 is 0 Å². The van der Waals surface area contributed by atoms with Gasteiger partial charge >= 0.3 is 5.63 Å². The molecule has 0 atom stereocenters. The van der Waals surface area contributed by atoms with E-state index in [9.17, 15) is 4.79 Å². The molecule has 0 N–H and O–H groups in total. The van der Waals surface area contributed by atoms with Gasteiger partial charge in [0.05, 0.1) is 7.63 Å². The van der Waals surface area contributed by atoms with E-state index in [-0.39, 0.29) is 6.04 Å². The zero-order valence-corrected chi connectivity index (χ0v) is 3.55. The van der Waals surface area contributed by atoms with E-state index in [0.717, 1.165) is 0 Å². The van der Waals surface area contributed by atoms with Crippen molar-refractivity contribution < 1.29 is 5.79 Å². The molecule has 0 spiro atoms. The van der Waals surface area contributed by atoms with Crippen molar-refractivity contribution in [2.24, 2.45) is 0 Å². The van der Waals surface area contributed by atoms with Crippen molar-refractivity contribution >= 4 is 0 Å². The van der Waals surface area contributed by atoms with Crippen LogP contribution in [0.25, 0.3) is 0 Å². The van der Waals surface area contributed by atoms with E-state index in [1.54, 1.807) is 0 Å². The lowest BCUT2D eigenvalue weighted by atomic mass is 10.5. The minimum absolute atomic E-state index is 0.104. The largest absolute Gasteiger partial charge is 0.431 e. The average Bonchev–Trinajstić information content (AvgIpc) is 1.77. The van der Waals surface area contributed by atoms with Gasteiger partial charge < -0.3 is 4.42 Å². The molecule has 0 fully saturated rings. The predicted molar refractivity (Wildman–Crippen MR) is 25.0 cm³/mol. The zero-order chi connectivity index (χ0) is 5.98. The van der Waals surface area contributed by atoms with Gasteiger partial charge in [0.25, 0.3) is 0 Å². The smallest absolute Gasteiger partial charge is 0.335 e. The van der Waals surface area contributed by atoms with Crippen molar-refractivity contribution in [2.45, 2.75) is 0 Å². The Morgan fingerprint density at radius 3 is 3.00 bits per heavy atom. The third-order valence-electron chi connectivity index (χ3n) is 0.551. The second-order valence-corrected chi connectivity index (χ2v) is 1.04. The summed E-state index contributed by atoms with van der Waals surface area (Å²) in [5.41, 5.74) is -0.590. The van der Waals surface area contributed by atoms with Crippen LogP contribution in [0.15, 0.2) is 33.7 Å². The highest BCUT2D eigenvalue weighted by molar-refractivity contribution is 4.85. The maximum atomic E-state index is 10.3. The summed E-state index contributed by atoms with van der Waals surface area (Å²) in [6, 6.07) is 2.78. The second-order valence-electron chi connectivity index (χ2n) is 1.04. The summed E-state index contributed by atoms with van der Waals surface area (Å²) in [4.78, 5) is 10.3. The second kappa shape index (κ2) is 1.60. The molecule has 0 unspecified atom stereocenters. The monoisotopic (exact) mass is 97.0 g/mol. The molecule has 1 heterocycles. The maximum Gasteiger partial charge on any atom is 0.335 e. The lowest BCUT2D eigenvalue weighted by Gasteiger charge is -1.72. The molecule has 0 aromatic carbocycles. The van der Waals surface area contributed by atoms with E-state index in [1.165, 1.54) is 18.4 Å². The van der Waals surface area contributed by atoms with E-state index in [4.69, 9.17) is 1.37 Å². The Kier molecular flexibility index (Phi) is 0.689. The van der Waals surface area contributed by atoms with Crippen molar-refractivity contribution in [1.82, 2.24) is 0 Å². The molecule has 0 aliphatic carbocycles. The van der Waals surface area contributed by atoms with Crippen LogP contribution >= 0.6 is 0 Å². The Morgan fingerprint density at radius 2 is 2.57 bits per heavy atom. The van der Waals surface area contributed by atoms with Crippen LogP contribution in [0, 0.1) is 0 Å². The SMILES string of the molecule is [2H]c1cccoc1=O. The van der Waals surface area contributed by atoms with Gasteiger partial charge in [0.1, 0.15) is 0 Å². The lowest BCUT2D eigenvalue weighted by molar-refractivity contribution is 0.511. The van der Waals surface area contributed by atoms with Crippen LogP contribution in [-0.2, 0) is 0 Å². The molecule has 1 aromatic heterocycles. The fourth-order valence-corrected chi connectivity index (χ4v) is 0.291. The highest BCUT2D eigenvalue weighted by atomic mass is 16.4. The van der Waals surface area contributed by atoms with Crippen LogP contribution in [0.5, 0.6) is 0 Å². The Labute approximate surface area is 41.8 Å². The van der Waals surface area contributed by atoms with Crippen LogP contribution < -0.4 is 5.63 Å². The first-order valence-corrected chi connectivity index (χ1v) is 1.85. The van der Waals surface area contributed by atoms with E-state index in [1.807, 2.05) is 0 Å². The lowest BCUT2D eigenvalue weighted by Crippen LogP contribution is -1.90. The molecule has 7 heavy (non-hydrogen) atoms. The van der Waals surface area contributed by atoms with Gasteiger partial charge in [-0.05, 0) is 6.07 Å². The normalized spacial score (nSPS) is 10.6.